The molecule has 0 aliphatic rings. The Bertz CT molecular complexity index is 1060. The molecule has 2 heterocycles. The largest absolute Gasteiger partial charge is 0.329 e. The maximum Gasteiger partial charge on any atom is 0.329 e. The summed E-state index contributed by atoms with van der Waals surface area (Å²) in [5, 5.41) is 3.61. The summed E-state index contributed by atoms with van der Waals surface area (Å²) in [5.74, 6) is -0.473. The van der Waals surface area contributed by atoms with Gasteiger partial charge in [-0.1, -0.05) is 17.7 Å². The van der Waals surface area contributed by atoms with E-state index < -0.39 is 17.2 Å². The highest BCUT2D eigenvalue weighted by molar-refractivity contribution is 7.18. The maximum absolute atomic E-state index is 12.4. The van der Waals surface area contributed by atoms with Crippen LogP contribution >= 0.6 is 22.9 Å². The molecule has 0 saturated heterocycles. The highest BCUT2D eigenvalue weighted by Crippen LogP contribution is 2.23. The summed E-state index contributed by atoms with van der Waals surface area (Å²) in [6, 6.07) is 6.84. The summed E-state index contributed by atoms with van der Waals surface area (Å²) in [4.78, 5) is 40.8. The normalized spacial score (nSPS) is 11.0. The zero-order valence-electron chi connectivity index (χ0n) is 13.0. The average Bonchev–Trinajstić information content (AvgIpc) is 2.89. The summed E-state index contributed by atoms with van der Waals surface area (Å²) < 4.78 is 0.893. The van der Waals surface area contributed by atoms with Crippen molar-refractivity contribution in [3.8, 4) is 0 Å². The molecule has 0 aliphatic carbocycles. The van der Waals surface area contributed by atoms with Crippen LogP contribution in [-0.2, 0) is 11.3 Å². The highest BCUT2D eigenvalue weighted by Gasteiger charge is 2.14. The number of hydrogen-bond donors (Lipinski definition) is 2. The van der Waals surface area contributed by atoms with Crippen LogP contribution in [0.5, 0.6) is 0 Å². The van der Waals surface area contributed by atoms with E-state index in [1.807, 2.05) is 6.92 Å². The number of amides is 1. The Labute approximate surface area is 145 Å². The van der Waals surface area contributed by atoms with Crippen molar-refractivity contribution in [1.29, 1.82) is 0 Å². The third-order valence-electron chi connectivity index (χ3n) is 3.64. The smallest absolute Gasteiger partial charge is 0.324 e. The minimum Gasteiger partial charge on any atom is -0.324 e. The van der Waals surface area contributed by atoms with Gasteiger partial charge in [0.1, 0.15) is 11.4 Å². The van der Waals surface area contributed by atoms with E-state index in [0.29, 0.717) is 20.9 Å². The van der Waals surface area contributed by atoms with E-state index in [1.54, 1.807) is 31.2 Å². The predicted molar refractivity (Wildman–Crippen MR) is 96.3 cm³/mol. The first-order valence-corrected chi connectivity index (χ1v) is 8.34. The monoisotopic (exact) mass is 363 g/mol. The molecule has 0 bridgehead atoms. The minimum absolute atomic E-state index is 0.370. The number of carbonyl (C=O) groups excluding carboxylic acids is 1. The fourth-order valence-electron chi connectivity index (χ4n) is 2.39. The van der Waals surface area contributed by atoms with Gasteiger partial charge in [0.05, 0.1) is 5.39 Å². The number of H-pyrrole nitrogens is 1. The lowest BCUT2D eigenvalue weighted by atomic mass is 10.2. The van der Waals surface area contributed by atoms with Crippen LogP contribution in [0.3, 0.4) is 0 Å². The van der Waals surface area contributed by atoms with Gasteiger partial charge in [0.2, 0.25) is 5.91 Å². The predicted octanol–water partition coefficient (Wildman–Crippen LogP) is 2.66. The van der Waals surface area contributed by atoms with Crippen LogP contribution in [0.2, 0.25) is 5.02 Å². The van der Waals surface area contributed by atoms with Crippen LogP contribution in [0.1, 0.15) is 10.4 Å². The number of nitrogens with zero attached hydrogens (tertiary/aromatic N) is 1. The van der Waals surface area contributed by atoms with E-state index in [4.69, 9.17) is 11.6 Å². The number of rotatable bonds is 3. The first-order valence-electron chi connectivity index (χ1n) is 7.15. The van der Waals surface area contributed by atoms with Crippen molar-refractivity contribution in [2.24, 2.45) is 0 Å². The average molecular weight is 364 g/mol. The van der Waals surface area contributed by atoms with Gasteiger partial charge < -0.3 is 5.32 Å². The van der Waals surface area contributed by atoms with Crippen molar-refractivity contribution in [2.45, 2.75) is 20.4 Å². The van der Waals surface area contributed by atoms with Gasteiger partial charge >= 0.3 is 5.69 Å². The Balaban J connectivity index is 1.92. The number of aryl methyl sites for hydroxylation is 1. The van der Waals surface area contributed by atoms with Crippen molar-refractivity contribution in [3.63, 3.8) is 0 Å². The lowest BCUT2D eigenvalue weighted by Crippen LogP contribution is -2.38. The van der Waals surface area contributed by atoms with E-state index in [1.165, 1.54) is 11.3 Å². The molecule has 2 aromatic heterocycles. The number of hydrogen-bond acceptors (Lipinski definition) is 4. The SMILES string of the molecule is Cc1cc2c(=O)n(CC(=O)Nc3cccc(Cl)c3C)c(=O)[nH]c2s1. The van der Waals surface area contributed by atoms with Gasteiger partial charge in [-0.3, -0.25) is 19.1 Å². The molecule has 6 nitrogen and oxygen atoms in total. The molecule has 24 heavy (non-hydrogen) atoms. The van der Waals surface area contributed by atoms with E-state index in [2.05, 4.69) is 10.3 Å². The van der Waals surface area contributed by atoms with Gasteiger partial charge in [-0.05, 0) is 37.6 Å². The van der Waals surface area contributed by atoms with Crippen molar-refractivity contribution in [1.82, 2.24) is 9.55 Å². The maximum atomic E-state index is 12.4. The molecule has 0 atom stereocenters. The minimum atomic E-state index is -0.604. The number of aromatic nitrogens is 2. The molecule has 0 spiro atoms. The second-order valence-electron chi connectivity index (χ2n) is 5.38. The second kappa shape index (κ2) is 6.26. The molecule has 2 N–H and O–H groups in total. The molecule has 8 heteroatoms. The number of carbonyl (C=O) groups is 1. The fourth-order valence-corrected chi connectivity index (χ4v) is 3.46. The van der Waals surface area contributed by atoms with Gasteiger partial charge in [-0.25, -0.2) is 4.79 Å². The number of benzene rings is 1. The van der Waals surface area contributed by atoms with Crippen molar-refractivity contribution in [2.75, 3.05) is 5.32 Å². The molecular formula is C16H14ClN3O3S. The number of fused-ring (bicyclic) bond motifs is 1. The molecule has 0 radical (unpaired) electrons. The Hall–Kier alpha value is -2.38. The molecule has 124 valence electrons. The summed E-state index contributed by atoms with van der Waals surface area (Å²) in [5.41, 5.74) is 0.186. The molecular weight excluding hydrogens is 350 g/mol. The molecule has 0 unspecified atom stereocenters. The third-order valence-corrected chi connectivity index (χ3v) is 5.02. The van der Waals surface area contributed by atoms with Crippen molar-refractivity contribution < 1.29 is 4.79 Å². The van der Waals surface area contributed by atoms with Crippen molar-refractivity contribution >= 4 is 44.7 Å². The van der Waals surface area contributed by atoms with E-state index in [0.717, 1.165) is 15.0 Å². The van der Waals surface area contributed by atoms with Crippen LogP contribution in [0.4, 0.5) is 5.69 Å². The number of anilines is 1. The topological polar surface area (TPSA) is 84.0 Å². The number of halogens is 1. The summed E-state index contributed by atoms with van der Waals surface area (Å²) in [7, 11) is 0. The molecule has 0 saturated carbocycles. The molecule has 0 aliphatic heterocycles. The standard InChI is InChI=1S/C16H14ClN3O3S/c1-8-6-10-14(24-8)19-16(23)20(15(10)22)7-13(21)18-12-5-3-4-11(17)9(12)2/h3-6H,7H2,1-2H3,(H,18,21)(H,19,23). The molecule has 3 rings (SSSR count). The van der Waals surface area contributed by atoms with Gasteiger partial charge in [0.25, 0.3) is 5.56 Å². The zero-order chi connectivity index (χ0) is 17.4. The lowest BCUT2D eigenvalue weighted by Gasteiger charge is -2.10. The lowest BCUT2D eigenvalue weighted by molar-refractivity contribution is -0.116. The summed E-state index contributed by atoms with van der Waals surface area (Å²) in [6.07, 6.45) is 0. The van der Waals surface area contributed by atoms with Gasteiger partial charge in [-0.15, -0.1) is 11.3 Å². The van der Waals surface area contributed by atoms with E-state index in [9.17, 15) is 14.4 Å². The van der Waals surface area contributed by atoms with Gasteiger partial charge in [0.15, 0.2) is 0 Å². The summed E-state index contributed by atoms with van der Waals surface area (Å²) in [6.45, 7) is 3.25. The van der Waals surface area contributed by atoms with Gasteiger partial charge in [-0.2, -0.15) is 0 Å². The first kappa shape index (κ1) is 16.5. The molecule has 1 aromatic carbocycles. The van der Waals surface area contributed by atoms with Crippen LogP contribution in [-0.4, -0.2) is 15.5 Å². The third kappa shape index (κ3) is 3.00. The Morgan fingerprint density at radius 2 is 2.08 bits per heavy atom. The zero-order valence-corrected chi connectivity index (χ0v) is 14.5. The molecule has 1 amide bonds. The van der Waals surface area contributed by atoms with Crippen molar-refractivity contribution in [3.05, 3.63) is 60.6 Å². The second-order valence-corrected chi connectivity index (χ2v) is 7.05. The van der Waals surface area contributed by atoms with Crippen LogP contribution in [0.15, 0.2) is 33.9 Å². The Kier molecular flexibility index (Phi) is 4.29. The van der Waals surface area contributed by atoms with Crippen LogP contribution in [0.25, 0.3) is 10.2 Å². The van der Waals surface area contributed by atoms with Crippen LogP contribution < -0.4 is 16.6 Å². The molecule has 3 aromatic rings. The first-order chi connectivity index (χ1) is 11.4. The van der Waals surface area contributed by atoms with Gasteiger partial charge in [0, 0.05) is 15.6 Å². The highest BCUT2D eigenvalue weighted by atomic mass is 35.5. The summed E-state index contributed by atoms with van der Waals surface area (Å²) >= 11 is 7.35. The quantitative estimate of drug-likeness (QED) is 0.750. The number of nitrogens with one attached hydrogen (secondary N) is 2. The number of aromatic amines is 1. The Morgan fingerprint density at radius 3 is 2.83 bits per heavy atom. The van der Waals surface area contributed by atoms with Crippen LogP contribution in [0, 0.1) is 13.8 Å². The fraction of sp³-hybridized carbons (Fsp3) is 0.188. The van der Waals surface area contributed by atoms with E-state index in [-0.39, 0.29) is 6.54 Å². The number of thiophene rings is 1. The molecule has 0 fully saturated rings. The Morgan fingerprint density at radius 1 is 1.33 bits per heavy atom. The van der Waals surface area contributed by atoms with E-state index >= 15 is 0 Å².